The summed E-state index contributed by atoms with van der Waals surface area (Å²) in [7, 11) is 0. The molecule has 0 aromatic heterocycles. The number of likely N-dealkylation sites (tertiary alicyclic amines) is 1. The van der Waals surface area contributed by atoms with E-state index in [9.17, 15) is 8.78 Å². The molecule has 4 heteroatoms. The summed E-state index contributed by atoms with van der Waals surface area (Å²) in [6.45, 7) is 5.44. The van der Waals surface area contributed by atoms with Crippen molar-refractivity contribution in [1.29, 1.82) is 0 Å². The van der Waals surface area contributed by atoms with Crippen LogP contribution in [0, 0.1) is 11.6 Å². The molecule has 1 aliphatic rings. The van der Waals surface area contributed by atoms with Crippen LogP contribution in [0.1, 0.15) is 31.7 Å². The average Bonchev–Trinajstić information content (AvgIpc) is 2.43. The smallest absolute Gasteiger partial charge is 0.130 e. The van der Waals surface area contributed by atoms with Gasteiger partial charge < -0.3 is 5.32 Å². The third-order valence-electron chi connectivity index (χ3n) is 3.82. The van der Waals surface area contributed by atoms with E-state index in [1.165, 1.54) is 37.5 Å². The second-order valence-electron chi connectivity index (χ2n) is 5.28. The fraction of sp³-hybridized carbons (Fsp3) is 0.600. The Hall–Kier alpha value is -1.00. The molecule has 2 nitrogen and oxygen atoms in total. The zero-order chi connectivity index (χ0) is 13.7. The standard InChI is InChI=1S/C15H22F2N2/c1-12(19-8-3-2-4-9-19)10-18-11-13-14(16)6-5-7-15(13)17/h5-7,12,18H,2-4,8-11H2,1H3. The first kappa shape index (κ1) is 14.4. The van der Waals surface area contributed by atoms with Crippen LogP contribution in [0.5, 0.6) is 0 Å². The van der Waals surface area contributed by atoms with Crippen molar-refractivity contribution in [3.63, 3.8) is 0 Å². The Labute approximate surface area is 113 Å². The molecule has 0 spiro atoms. The summed E-state index contributed by atoms with van der Waals surface area (Å²) >= 11 is 0. The minimum absolute atomic E-state index is 0.133. The molecule has 2 rings (SSSR count). The molecular weight excluding hydrogens is 246 g/mol. The third kappa shape index (κ3) is 3.98. The zero-order valence-corrected chi connectivity index (χ0v) is 11.5. The minimum atomic E-state index is -0.474. The predicted octanol–water partition coefficient (Wildman–Crippen LogP) is 2.93. The van der Waals surface area contributed by atoms with Crippen molar-refractivity contribution in [2.75, 3.05) is 19.6 Å². The van der Waals surface area contributed by atoms with Gasteiger partial charge in [-0.05, 0) is 45.0 Å². The predicted molar refractivity (Wildman–Crippen MR) is 73.0 cm³/mol. The Morgan fingerprint density at radius 1 is 1.16 bits per heavy atom. The first-order valence-corrected chi connectivity index (χ1v) is 7.06. The molecular formula is C15H22F2N2. The van der Waals surface area contributed by atoms with Gasteiger partial charge in [0.25, 0.3) is 0 Å². The van der Waals surface area contributed by atoms with Gasteiger partial charge in [0.05, 0.1) is 0 Å². The van der Waals surface area contributed by atoms with Crippen molar-refractivity contribution < 1.29 is 8.78 Å². The number of halogens is 2. The molecule has 1 aromatic carbocycles. The summed E-state index contributed by atoms with van der Waals surface area (Å²) in [6, 6.07) is 4.41. The van der Waals surface area contributed by atoms with E-state index in [0.29, 0.717) is 6.04 Å². The van der Waals surface area contributed by atoms with E-state index in [1.807, 2.05) is 0 Å². The molecule has 19 heavy (non-hydrogen) atoms. The van der Waals surface area contributed by atoms with Crippen LogP contribution in [0.25, 0.3) is 0 Å². The highest BCUT2D eigenvalue weighted by Crippen LogP contribution is 2.13. The van der Waals surface area contributed by atoms with Gasteiger partial charge in [-0.15, -0.1) is 0 Å². The molecule has 1 unspecified atom stereocenters. The van der Waals surface area contributed by atoms with Gasteiger partial charge in [-0.3, -0.25) is 4.90 Å². The summed E-state index contributed by atoms with van der Waals surface area (Å²) in [4.78, 5) is 2.44. The molecule has 1 saturated heterocycles. The molecule has 1 aromatic rings. The van der Waals surface area contributed by atoms with Crippen molar-refractivity contribution in [2.45, 2.75) is 38.8 Å². The monoisotopic (exact) mass is 268 g/mol. The third-order valence-corrected chi connectivity index (χ3v) is 3.82. The van der Waals surface area contributed by atoms with Gasteiger partial charge >= 0.3 is 0 Å². The van der Waals surface area contributed by atoms with Gasteiger partial charge in [0.1, 0.15) is 11.6 Å². The van der Waals surface area contributed by atoms with Crippen LogP contribution in [0.3, 0.4) is 0 Å². The summed E-state index contributed by atoms with van der Waals surface area (Å²) in [5.41, 5.74) is 0.133. The molecule has 1 fully saturated rings. The fourth-order valence-corrected chi connectivity index (χ4v) is 2.60. The number of hydrogen-bond donors (Lipinski definition) is 1. The average molecular weight is 268 g/mol. The maximum absolute atomic E-state index is 13.4. The fourth-order valence-electron chi connectivity index (χ4n) is 2.60. The second-order valence-corrected chi connectivity index (χ2v) is 5.28. The lowest BCUT2D eigenvalue weighted by atomic mass is 10.1. The Bertz CT molecular complexity index is 383. The van der Waals surface area contributed by atoms with Crippen LogP contribution in [0.2, 0.25) is 0 Å². The highest BCUT2D eigenvalue weighted by Gasteiger charge is 2.16. The van der Waals surface area contributed by atoms with Gasteiger partial charge in [-0.2, -0.15) is 0 Å². The Balaban J connectivity index is 1.79. The molecule has 0 aliphatic carbocycles. The van der Waals surface area contributed by atoms with E-state index < -0.39 is 11.6 Å². The van der Waals surface area contributed by atoms with E-state index in [0.717, 1.165) is 19.6 Å². The lowest BCUT2D eigenvalue weighted by Crippen LogP contribution is -2.43. The summed E-state index contributed by atoms with van der Waals surface area (Å²) < 4.78 is 26.9. The lowest BCUT2D eigenvalue weighted by molar-refractivity contribution is 0.170. The van der Waals surface area contributed by atoms with Crippen LogP contribution in [0.4, 0.5) is 8.78 Å². The normalized spacial score (nSPS) is 18.5. The molecule has 0 saturated carbocycles. The number of hydrogen-bond acceptors (Lipinski definition) is 2. The molecule has 0 radical (unpaired) electrons. The number of nitrogens with zero attached hydrogens (tertiary/aromatic N) is 1. The van der Waals surface area contributed by atoms with Crippen LogP contribution in [-0.4, -0.2) is 30.6 Å². The quantitative estimate of drug-likeness (QED) is 0.883. The number of nitrogens with one attached hydrogen (secondary N) is 1. The molecule has 1 N–H and O–H groups in total. The highest BCUT2D eigenvalue weighted by molar-refractivity contribution is 5.19. The van der Waals surface area contributed by atoms with Crippen molar-refractivity contribution in [2.24, 2.45) is 0 Å². The molecule has 106 valence electrons. The van der Waals surface area contributed by atoms with Gasteiger partial charge in [0.15, 0.2) is 0 Å². The van der Waals surface area contributed by atoms with E-state index in [1.54, 1.807) is 0 Å². The van der Waals surface area contributed by atoms with E-state index in [2.05, 4.69) is 17.1 Å². The van der Waals surface area contributed by atoms with Gasteiger partial charge in [0, 0.05) is 24.7 Å². The second kappa shape index (κ2) is 6.96. The van der Waals surface area contributed by atoms with Gasteiger partial charge in [-0.25, -0.2) is 8.78 Å². The minimum Gasteiger partial charge on any atom is -0.311 e. The first-order valence-electron chi connectivity index (χ1n) is 7.06. The Morgan fingerprint density at radius 3 is 2.42 bits per heavy atom. The Kier molecular flexibility index (Phi) is 5.28. The molecule has 1 atom stereocenters. The van der Waals surface area contributed by atoms with Crippen LogP contribution in [-0.2, 0) is 6.54 Å². The molecule has 0 bridgehead atoms. The summed E-state index contributed by atoms with van der Waals surface area (Å²) in [5, 5.41) is 3.16. The molecule has 0 amide bonds. The van der Waals surface area contributed by atoms with Crippen molar-refractivity contribution in [3.8, 4) is 0 Å². The Morgan fingerprint density at radius 2 is 1.79 bits per heavy atom. The highest BCUT2D eigenvalue weighted by atomic mass is 19.1. The lowest BCUT2D eigenvalue weighted by Gasteiger charge is -2.32. The topological polar surface area (TPSA) is 15.3 Å². The van der Waals surface area contributed by atoms with E-state index in [-0.39, 0.29) is 12.1 Å². The molecule has 1 heterocycles. The number of benzene rings is 1. The molecule has 1 aliphatic heterocycles. The zero-order valence-electron chi connectivity index (χ0n) is 11.5. The summed E-state index contributed by atoms with van der Waals surface area (Å²) in [5.74, 6) is -0.948. The summed E-state index contributed by atoms with van der Waals surface area (Å²) in [6.07, 6.45) is 3.83. The van der Waals surface area contributed by atoms with Gasteiger partial charge in [0.2, 0.25) is 0 Å². The first-order chi connectivity index (χ1) is 9.18. The van der Waals surface area contributed by atoms with Crippen molar-refractivity contribution in [3.05, 3.63) is 35.4 Å². The van der Waals surface area contributed by atoms with E-state index in [4.69, 9.17) is 0 Å². The largest absolute Gasteiger partial charge is 0.311 e. The van der Waals surface area contributed by atoms with Gasteiger partial charge in [-0.1, -0.05) is 12.5 Å². The van der Waals surface area contributed by atoms with Crippen LogP contribution < -0.4 is 5.32 Å². The number of piperidine rings is 1. The van der Waals surface area contributed by atoms with Crippen LogP contribution >= 0.6 is 0 Å². The maximum atomic E-state index is 13.4. The van der Waals surface area contributed by atoms with Crippen molar-refractivity contribution in [1.82, 2.24) is 10.2 Å². The maximum Gasteiger partial charge on any atom is 0.130 e. The number of rotatable bonds is 5. The SMILES string of the molecule is CC(CNCc1c(F)cccc1F)N1CCCCC1. The van der Waals surface area contributed by atoms with E-state index >= 15 is 0 Å². The van der Waals surface area contributed by atoms with Crippen LogP contribution in [0.15, 0.2) is 18.2 Å². The van der Waals surface area contributed by atoms with Crippen molar-refractivity contribution >= 4 is 0 Å².